The largest absolute Gasteiger partial charge is 0.443 e. The molecule has 1 heterocycles. The van der Waals surface area contributed by atoms with Crippen LogP contribution >= 0.6 is 15.9 Å². The first-order valence-electron chi connectivity index (χ1n) is 5.48. The van der Waals surface area contributed by atoms with E-state index in [4.69, 9.17) is 4.74 Å². The van der Waals surface area contributed by atoms with Gasteiger partial charge in [-0.1, -0.05) is 6.07 Å². The van der Waals surface area contributed by atoms with E-state index in [-0.39, 0.29) is 5.82 Å². The number of hydrogen-bond acceptors (Lipinski definition) is 2. The number of ether oxygens (including phenoxy) is 1. The van der Waals surface area contributed by atoms with Crippen molar-refractivity contribution in [1.29, 1.82) is 0 Å². The van der Waals surface area contributed by atoms with Gasteiger partial charge in [-0.2, -0.15) is 0 Å². The first-order valence-corrected chi connectivity index (χ1v) is 6.27. The van der Waals surface area contributed by atoms with Gasteiger partial charge in [0.1, 0.15) is 11.4 Å². The summed E-state index contributed by atoms with van der Waals surface area (Å²) in [5.74, 6) is -0.373. The van der Waals surface area contributed by atoms with E-state index in [1.165, 1.54) is 16.8 Å². The van der Waals surface area contributed by atoms with E-state index in [2.05, 4.69) is 15.9 Å². The first kappa shape index (κ1) is 13.1. The number of benzene rings is 1. The molecular formula is C13H13BrFNO2. The van der Waals surface area contributed by atoms with Crippen molar-refractivity contribution in [2.75, 3.05) is 0 Å². The van der Waals surface area contributed by atoms with Crippen LogP contribution in [0.3, 0.4) is 0 Å². The maximum atomic E-state index is 13.7. The lowest BCUT2D eigenvalue weighted by molar-refractivity contribution is 0.0544. The summed E-state index contributed by atoms with van der Waals surface area (Å²) >= 11 is 3.25. The fourth-order valence-corrected chi connectivity index (χ4v) is 2.26. The summed E-state index contributed by atoms with van der Waals surface area (Å²) in [7, 11) is 0. The van der Waals surface area contributed by atoms with Crippen LogP contribution < -0.4 is 0 Å². The third-order valence-electron chi connectivity index (χ3n) is 2.32. The quantitative estimate of drug-likeness (QED) is 0.725. The third-order valence-corrected chi connectivity index (χ3v) is 2.92. The molecule has 0 amide bonds. The molecule has 0 saturated carbocycles. The molecule has 0 radical (unpaired) electrons. The lowest BCUT2D eigenvalue weighted by Gasteiger charge is -2.19. The van der Waals surface area contributed by atoms with Crippen LogP contribution in [0.5, 0.6) is 0 Å². The van der Waals surface area contributed by atoms with E-state index in [1.54, 1.807) is 32.9 Å². The summed E-state index contributed by atoms with van der Waals surface area (Å²) in [6.07, 6.45) is 0.991. The van der Waals surface area contributed by atoms with Gasteiger partial charge in [0, 0.05) is 10.7 Å². The second kappa shape index (κ2) is 4.39. The number of hydrogen-bond donors (Lipinski definition) is 0. The van der Waals surface area contributed by atoms with Crippen LogP contribution in [0, 0.1) is 5.82 Å². The van der Waals surface area contributed by atoms with Gasteiger partial charge in [-0.25, -0.2) is 9.18 Å². The van der Waals surface area contributed by atoms with Gasteiger partial charge >= 0.3 is 6.09 Å². The summed E-state index contributed by atoms with van der Waals surface area (Å²) in [6.45, 7) is 5.35. The molecule has 0 unspecified atom stereocenters. The van der Waals surface area contributed by atoms with Crippen molar-refractivity contribution in [2.45, 2.75) is 26.4 Å². The Morgan fingerprint density at radius 1 is 1.39 bits per heavy atom. The smallest absolute Gasteiger partial charge is 0.419 e. The summed E-state index contributed by atoms with van der Waals surface area (Å²) < 4.78 is 20.8. The van der Waals surface area contributed by atoms with E-state index in [0.29, 0.717) is 15.4 Å². The van der Waals surface area contributed by atoms with Crippen LogP contribution in [0.1, 0.15) is 20.8 Å². The zero-order chi connectivity index (χ0) is 13.5. The molecule has 2 rings (SSSR count). The third kappa shape index (κ3) is 2.41. The highest BCUT2D eigenvalue weighted by atomic mass is 79.9. The van der Waals surface area contributed by atoms with Gasteiger partial charge in [-0.05, 0) is 48.8 Å². The zero-order valence-electron chi connectivity index (χ0n) is 10.3. The van der Waals surface area contributed by atoms with Gasteiger partial charge in [-0.3, -0.25) is 4.57 Å². The summed E-state index contributed by atoms with van der Waals surface area (Å²) in [5.41, 5.74) is -0.107. The van der Waals surface area contributed by atoms with E-state index in [9.17, 15) is 9.18 Å². The van der Waals surface area contributed by atoms with E-state index in [0.717, 1.165) is 0 Å². The van der Waals surface area contributed by atoms with Gasteiger partial charge in [0.05, 0.1) is 10.9 Å². The molecular weight excluding hydrogens is 301 g/mol. The van der Waals surface area contributed by atoms with Crippen molar-refractivity contribution >= 4 is 32.9 Å². The second-order valence-electron chi connectivity index (χ2n) is 4.96. The molecule has 18 heavy (non-hydrogen) atoms. The summed E-state index contributed by atoms with van der Waals surface area (Å²) in [5, 5.41) is 0.378. The minimum absolute atomic E-state index is 0.373. The van der Waals surface area contributed by atoms with Crippen LogP contribution in [0.15, 0.2) is 28.9 Å². The van der Waals surface area contributed by atoms with Gasteiger partial charge in [0.2, 0.25) is 0 Å². The molecule has 2 aromatic rings. The van der Waals surface area contributed by atoms with E-state index >= 15 is 0 Å². The summed E-state index contributed by atoms with van der Waals surface area (Å²) in [6, 6.07) is 4.59. The predicted octanol–water partition coefficient (Wildman–Crippen LogP) is 4.33. The Balaban J connectivity index is 2.53. The molecule has 0 aliphatic carbocycles. The molecule has 1 aromatic heterocycles. The molecule has 0 fully saturated rings. The molecule has 3 nitrogen and oxygen atoms in total. The van der Waals surface area contributed by atoms with Crippen LogP contribution in [-0.2, 0) is 4.74 Å². The number of rotatable bonds is 0. The van der Waals surface area contributed by atoms with Crippen molar-refractivity contribution in [3.05, 3.63) is 34.7 Å². The van der Waals surface area contributed by atoms with Gasteiger partial charge in [0.25, 0.3) is 0 Å². The Kier molecular flexibility index (Phi) is 3.19. The average molecular weight is 314 g/mol. The minimum atomic E-state index is -0.590. The van der Waals surface area contributed by atoms with E-state index in [1.807, 2.05) is 0 Å². The number of carbonyl (C=O) groups is 1. The molecule has 0 spiro atoms. The number of carbonyl (C=O) groups excluding carboxylic acids is 1. The number of aromatic nitrogens is 1. The molecule has 5 heteroatoms. The number of nitrogens with zero attached hydrogens (tertiary/aromatic N) is 1. The number of halogens is 2. The Labute approximate surface area is 113 Å². The van der Waals surface area contributed by atoms with Crippen molar-refractivity contribution in [3.63, 3.8) is 0 Å². The lowest BCUT2D eigenvalue weighted by atomic mass is 10.2. The monoisotopic (exact) mass is 313 g/mol. The Morgan fingerprint density at radius 2 is 2.06 bits per heavy atom. The topological polar surface area (TPSA) is 31.2 Å². The molecule has 0 saturated heterocycles. The standard InChI is InChI=1S/C13H13BrFNO2/c1-13(2,3)18-12(17)16-7-8(14)11-9(15)5-4-6-10(11)16/h4-7H,1-3H3. The zero-order valence-corrected chi connectivity index (χ0v) is 11.9. The summed E-state index contributed by atoms with van der Waals surface area (Å²) in [4.78, 5) is 12.0. The van der Waals surface area contributed by atoms with Crippen molar-refractivity contribution < 1.29 is 13.9 Å². The predicted molar refractivity (Wildman–Crippen MR) is 71.2 cm³/mol. The van der Waals surface area contributed by atoms with Gasteiger partial charge in [-0.15, -0.1) is 0 Å². The molecule has 0 aliphatic heterocycles. The molecule has 0 aliphatic rings. The van der Waals surface area contributed by atoms with Crippen molar-refractivity contribution in [2.24, 2.45) is 0 Å². The van der Waals surface area contributed by atoms with Gasteiger partial charge in [0.15, 0.2) is 0 Å². The maximum absolute atomic E-state index is 13.7. The Morgan fingerprint density at radius 3 is 2.67 bits per heavy atom. The van der Waals surface area contributed by atoms with Gasteiger partial charge < -0.3 is 4.74 Å². The molecule has 0 N–H and O–H groups in total. The van der Waals surface area contributed by atoms with E-state index < -0.39 is 11.7 Å². The molecule has 1 aromatic carbocycles. The highest BCUT2D eigenvalue weighted by Gasteiger charge is 2.21. The molecule has 0 bridgehead atoms. The normalized spacial score (nSPS) is 11.8. The highest BCUT2D eigenvalue weighted by molar-refractivity contribution is 9.10. The molecule has 0 atom stereocenters. The van der Waals surface area contributed by atoms with Crippen LogP contribution in [-0.4, -0.2) is 16.3 Å². The fourth-order valence-electron chi connectivity index (χ4n) is 1.66. The highest BCUT2D eigenvalue weighted by Crippen LogP contribution is 2.29. The van der Waals surface area contributed by atoms with Crippen LogP contribution in [0.25, 0.3) is 10.9 Å². The van der Waals surface area contributed by atoms with Crippen LogP contribution in [0.4, 0.5) is 9.18 Å². The average Bonchev–Trinajstić information content (AvgIpc) is 2.55. The minimum Gasteiger partial charge on any atom is -0.443 e. The van der Waals surface area contributed by atoms with Crippen LogP contribution in [0.2, 0.25) is 0 Å². The Bertz CT molecular complexity index is 613. The SMILES string of the molecule is CC(C)(C)OC(=O)n1cc(Br)c2c(F)cccc21. The van der Waals surface area contributed by atoms with Crippen molar-refractivity contribution in [1.82, 2.24) is 4.57 Å². The first-order chi connectivity index (χ1) is 8.29. The fraction of sp³-hybridized carbons (Fsp3) is 0.308. The molecule has 96 valence electrons. The lowest BCUT2D eigenvalue weighted by Crippen LogP contribution is -2.26. The van der Waals surface area contributed by atoms with Crippen molar-refractivity contribution in [3.8, 4) is 0 Å². The Hall–Kier alpha value is -1.36. The maximum Gasteiger partial charge on any atom is 0.419 e. The number of fused-ring (bicyclic) bond motifs is 1. The second-order valence-corrected chi connectivity index (χ2v) is 5.82.